The van der Waals surface area contributed by atoms with E-state index in [1.807, 2.05) is 0 Å². The van der Waals surface area contributed by atoms with Crippen LogP contribution in [0, 0.1) is 0 Å². The topological polar surface area (TPSA) is 115 Å². The van der Waals surface area contributed by atoms with Crippen LogP contribution in [0.3, 0.4) is 0 Å². The van der Waals surface area contributed by atoms with Crippen LogP contribution in [0.1, 0.15) is 28.4 Å². The van der Waals surface area contributed by atoms with E-state index in [1.54, 1.807) is 12.1 Å². The Morgan fingerprint density at radius 2 is 1.68 bits per heavy atom. The van der Waals surface area contributed by atoms with E-state index < -0.39 is 23.4 Å². The molecular weight excluding hydrogens is 324 g/mol. The minimum Gasteiger partial charge on any atom is -0.508 e. The Morgan fingerprint density at radius 3 is 2.28 bits per heavy atom. The monoisotopic (exact) mass is 342 g/mol. The van der Waals surface area contributed by atoms with Crippen molar-refractivity contribution in [3.8, 4) is 17.2 Å². The second-order valence-electron chi connectivity index (χ2n) is 5.58. The summed E-state index contributed by atoms with van der Waals surface area (Å²) in [7, 11) is 0. The first-order valence-corrected chi connectivity index (χ1v) is 7.53. The van der Waals surface area contributed by atoms with E-state index in [1.165, 1.54) is 43.3 Å². The van der Waals surface area contributed by atoms with Gasteiger partial charge in [0.2, 0.25) is 0 Å². The number of benzene rings is 2. The van der Waals surface area contributed by atoms with E-state index in [-0.39, 0.29) is 29.0 Å². The zero-order chi connectivity index (χ0) is 18.6. The van der Waals surface area contributed by atoms with Gasteiger partial charge < -0.3 is 20.4 Å². The fraction of sp³-hybridized carbons (Fsp3) is 0.158. The Labute approximate surface area is 144 Å². The molecule has 0 radical (unpaired) electrons. The van der Waals surface area contributed by atoms with E-state index in [0.717, 1.165) is 0 Å². The van der Waals surface area contributed by atoms with Crippen LogP contribution < -0.4 is 0 Å². The lowest BCUT2D eigenvalue weighted by Gasteiger charge is -2.12. The molecule has 4 N–H and O–H groups in total. The molecule has 1 unspecified atom stereocenters. The van der Waals surface area contributed by atoms with Gasteiger partial charge in [-0.15, -0.1) is 0 Å². The van der Waals surface area contributed by atoms with Gasteiger partial charge in [-0.1, -0.05) is 18.2 Å². The third-order valence-electron chi connectivity index (χ3n) is 3.71. The quantitative estimate of drug-likeness (QED) is 0.472. The Kier molecular flexibility index (Phi) is 5.56. The van der Waals surface area contributed by atoms with Crippen molar-refractivity contribution in [1.82, 2.24) is 0 Å². The Hall–Kier alpha value is -3.12. The number of allylic oxidation sites excluding steroid dienone is 1. The molecule has 0 spiro atoms. The summed E-state index contributed by atoms with van der Waals surface area (Å²) in [6.45, 7) is 1.19. The molecule has 0 aromatic heterocycles. The lowest BCUT2D eigenvalue weighted by atomic mass is 9.98. The Bertz CT molecular complexity index is 821. The summed E-state index contributed by atoms with van der Waals surface area (Å²) in [5.41, 5.74) is 0.557. The Balaban J connectivity index is 2.27. The van der Waals surface area contributed by atoms with Crippen molar-refractivity contribution in [3.05, 3.63) is 59.2 Å². The predicted molar refractivity (Wildman–Crippen MR) is 91.6 cm³/mol. The maximum atomic E-state index is 12.3. The average molecular weight is 342 g/mol. The molecule has 6 heteroatoms. The summed E-state index contributed by atoms with van der Waals surface area (Å²) in [5.74, 6) is -1.70. The molecule has 0 aliphatic rings. The van der Waals surface area contributed by atoms with Crippen LogP contribution in [0.15, 0.2) is 42.5 Å². The molecule has 2 rings (SSSR count). The molecule has 0 aliphatic heterocycles. The first-order valence-electron chi connectivity index (χ1n) is 7.53. The van der Waals surface area contributed by atoms with Crippen LogP contribution in [-0.4, -0.2) is 38.1 Å². The summed E-state index contributed by atoms with van der Waals surface area (Å²) < 4.78 is 0. The maximum Gasteiger partial charge on any atom is 0.189 e. The molecule has 2 aromatic carbocycles. The second kappa shape index (κ2) is 7.63. The van der Waals surface area contributed by atoms with Gasteiger partial charge in [-0.2, -0.15) is 0 Å². The predicted octanol–water partition coefficient (Wildman–Crippen LogP) is 2.19. The smallest absolute Gasteiger partial charge is 0.189 e. The van der Waals surface area contributed by atoms with E-state index in [9.17, 15) is 30.0 Å². The zero-order valence-corrected chi connectivity index (χ0v) is 13.5. The van der Waals surface area contributed by atoms with Crippen molar-refractivity contribution >= 4 is 17.6 Å². The molecule has 0 aliphatic carbocycles. The van der Waals surface area contributed by atoms with E-state index >= 15 is 0 Å². The van der Waals surface area contributed by atoms with E-state index in [2.05, 4.69) is 0 Å². The number of rotatable bonds is 6. The fourth-order valence-corrected chi connectivity index (χ4v) is 2.21. The maximum absolute atomic E-state index is 12.3. The van der Waals surface area contributed by atoms with Crippen molar-refractivity contribution < 1.29 is 30.0 Å². The lowest BCUT2D eigenvalue weighted by molar-refractivity contribution is -0.124. The second-order valence-corrected chi connectivity index (χ2v) is 5.58. The SMILES string of the molecule is CC(=O)C(O)Cc1c(O)ccc(C(=O)/C=C/c2ccc(O)cc2)c1O. The van der Waals surface area contributed by atoms with Crippen molar-refractivity contribution in [2.75, 3.05) is 0 Å². The van der Waals surface area contributed by atoms with Gasteiger partial charge in [-0.3, -0.25) is 9.59 Å². The number of carbonyl (C=O) groups is 2. The number of Topliss-reactive ketones (excluding diaryl/α,β-unsaturated/α-hetero) is 1. The molecule has 0 amide bonds. The highest BCUT2D eigenvalue weighted by Crippen LogP contribution is 2.32. The summed E-state index contributed by atoms with van der Waals surface area (Å²) in [4.78, 5) is 23.4. The molecule has 0 fully saturated rings. The minimum atomic E-state index is -1.38. The number of carbonyl (C=O) groups excluding carboxylic acids is 2. The summed E-state index contributed by atoms with van der Waals surface area (Å²) in [6, 6.07) is 8.67. The van der Waals surface area contributed by atoms with E-state index in [4.69, 9.17) is 0 Å². The molecule has 6 nitrogen and oxygen atoms in total. The van der Waals surface area contributed by atoms with Gasteiger partial charge in [0, 0.05) is 12.0 Å². The number of hydrogen-bond acceptors (Lipinski definition) is 6. The van der Waals surface area contributed by atoms with Gasteiger partial charge in [-0.25, -0.2) is 0 Å². The fourth-order valence-electron chi connectivity index (χ4n) is 2.21. The van der Waals surface area contributed by atoms with Crippen LogP contribution in [-0.2, 0) is 11.2 Å². The highest BCUT2D eigenvalue weighted by molar-refractivity contribution is 6.09. The molecule has 0 saturated carbocycles. The van der Waals surface area contributed by atoms with Gasteiger partial charge in [0.1, 0.15) is 23.4 Å². The van der Waals surface area contributed by atoms with Crippen LogP contribution in [0.4, 0.5) is 0 Å². The van der Waals surface area contributed by atoms with Crippen molar-refractivity contribution in [1.29, 1.82) is 0 Å². The van der Waals surface area contributed by atoms with Gasteiger partial charge in [-0.05, 0) is 42.8 Å². The molecule has 0 bridgehead atoms. The number of phenolic OH excluding ortho intramolecular Hbond substituents is 3. The molecule has 2 aromatic rings. The van der Waals surface area contributed by atoms with Crippen molar-refractivity contribution in [3.63, 3.8) is 0 Å². The van der Waals surface area contributed by atoms with Gasteiger partial charge >= 0.3 is 0 Å². The standard InChI is InChI=1S/C19H18O6/c1-11(20)18(24)10-15-17(23)9-7-14(19(15)25)16(22)8-4-12-2-5-13(21)6-3-12/h2-9,18,21,23-25H,10H2,1H3/b8-4+. The van der Waals surface area contributed by atoms with Gasteiger partial charge in [0.05, 0.1) is 5.56 Å². The van der Waals surface area contributed by atoms with Crippen molar-refractivity contribution in [2.24, 2.45) is 0 Å². The lowest BCUT2D eigenvalue weighted by Crippen LogP contribution is -2.20. The normalized spacial score (nSPS) is 12.2. The van der Waals surface area contributed by atoms with E-state index in [0.29, 0.717) is 5.56 Å². The third kappa shape index (κ3) is 4.45. The molecule has 25 heavy (non-hydrogen) atoms. The average Bonchev–Trinajstić information content (AvgIpc) is 2.57. The van der Waals surface area contributed by atoms with Crippen LogP contribution in [0.2, 0.25) is 0 Å². The summed E-state index contributed by atoms with van der Waals surface area (Å²) >= 11 is 0. The molecule has 0 saturated heterocycles. The number of hydrogen-bond donors (Lipinski definition) is 4. The highest BCUT2D eigenvalue weighted by Gasteiger charge is 2.20. The van der Waals surface area contributed by atoms with Gasteiger partial charge in [0.15, 0.2) is 11.6 Å². The molecule has 0 heterocycles. The summed E-state index contributed by atoms with van der Waals surface area (Å²) in [6.07, 6.45) is 1.08. The highest BCUT2D eigenvalue weighted by atomic mass is 16.3. The Morgan fingerprint density at radius 1 is 1.04 bits per heavy atom. The van der Waals surface area contributed by atoms with Crippen LogP contribution in [0.5, 0.6) is 17.2 Å². The number of aliphatic hydroxyl groups excluding tert-OH is 1. The van der Waals surface area contributed by atoms with Gasteiger partial charge in [0.25, 0.3) is 0 Å². The molecular formula is C19H18O6. The first kappa shape index (κ1) is 18.2. The molecule has 130 valence electrons. The summed E-state index contributed by atoms with van der Waals surface area (Å²) in [5, 5.41) is 38.9. The van der Waals surface area contributed by atoms with Crippen LogP contribution >= 0.6 is 0 Å². The largest absolute Gasteiger partial charge is 0.508 e. The van der Waals surface area contributed by atoms with Crippen LogP contribution in [0.25, 0.3) is 6.08 Å². The number of phenols is 3. The number of ketones is 2. The minimum absolute atomic E-state index is 0.0569. The zero-order valence-electron chi connectivity index (χ0n) is 13.5. The third-order valence-corrected chi connectivity index (χ3v) is 3.71. The first-order chi connectivity index (χ1) is 11.8. The molecule has 1 atom stereocenters. The van der Waals surface area contributed by atoms with Crippen molar-refractivity contribution in [2.45, 2.75) is 19.4 Å². The number of aromatic hydroxyl groups is 3. The number of aliphatic hydroxyl groups is 1.